The second-order valence-corrected chi connectivity index (χ2v) is 4.62. The number of benzene rings is 2. The van der Waals surface area contributed by atoms with Crippen molar-refractivity contribution in [3.8, 4) is 11.5 Å². The van der Waals surface area contributed by atoms with Crippen LogP contribution in [0.15, 0.2) is 36.4 Å². The highest BCUT2D eigenvalue weighted by molar-refractivity contribution is 5.38. The summed E-state index contributed by atoms with van der Waals surface area (Å²) in [5.41, 5.74) is 1.02. The monoisotopic (exact) mass is 279 g/mol. The number of hydrogen-bond donors (Lipinski definition) is 3. The van der Waals surface area contributed by atoms with Gasteiger partial charge in [-0.05, 0) is 30.7 Å². The molecular formula is C15H15F2NO2. The van der Waals surface area contributed by atoms with E-state index in [9.17, 15) is 19.0 Å². The van der Waals surface area contributed by atoms with Crippen LogP contribution in [-0.2, 0) is 6.54 Å². The van der Waals surface area contributed by atoms with Crippen molar-refractivity contribution in [2.45, 2.75) is 19.5 Å². The van der Waals surface area contributed by atoms with Crippen LogP contribution < -0.4 is 5.32 Å². The first-order valence-electron chi connectivity index (χ1n) is 6.16. The zero-order chi connectivity index (χ0) is 14.7. The smallest absolute Gasteiger partial charge is 0.130 e. The molecule has 1 atom stereocenters. The van der Waals surface area contributed by atoms with Crippen molar-refractivity contribution >= 4 is 0 Å². The van der Waals surface area contributed by atoms with Gasteiger partial charge in [-0.2, -0.15) is 0 Å². The van der Waals surface area contributed by atoms with E-state index in [2.05, 4.69) is 5.32 Å². The Bertz CT molecular complexity index is 597. The number of nitrogens with one attached hydrogen (secondary N) is 1. The van der Waals surface area contributed by atoms with Crippen LogP contribution in [0.5, 0.6) is 11.5 Å². The standard InChI is InChI=1S/C15H15F2NO2/c1-9(11-4-13(19)7-14(20)5-11)18-8-10-2-3-12(16)6-15(10)17/h2-7,9,18-20H,8H2,1H3. The minimum Gasteiger partial charge on any atom is -0.508 e. The van der Waals surface area contributed by atoms with Gasteiger partial charge >= 0.3 is 0 Å². The summed E-state index contributed by atoms with van der Waals surface area (Å²) in [6.45, 7) is 2.03. The number of rotatable bonds is 4. The van der Waals surface area contributed by atoms with Crippen molar-refractivity contribution in [2.75, 3.05) is 0 Å². The molecule has 5 heteroatoms. The molecule has 0 fully saturated rings. The molecule has 0 saturated heterocycles. The van der Waals surface area contributed by atoms with Crippen LogP contribution >= 0.6 is 0 Å². The molecule has 0 saturated carbocycles. The highest BCUT2D eigenvalue weighted by Gasteiger charge is 2.09. The number of phenolic OH excluding ortho intramolecular Hbond substituents is 2. The van der Waals surface area contributed by atoms with Crippen molar-refractivity contribution in [3.63, 3.8) is 0 Å². The molecule has 0 heterocycles. The quantitative estimate of drug-likeness (QED) is 0.805. The zero-order valence-corrected chi connectivity index (χ0v) is 10.9. The molecule has 0 amide bonds. The lowest BCUT2D eigenvalue weighted by Gasteiger charge is -2.15. The Hall–Kier alpha value is -2.14. The summed E-state index contributed by atoms with van der Waals surface area (Å²) in [5, 5.41) is 21.9. The summed E-state index contributed by atoms with van der Waals surface area (Å²) in [5.74, 6) is -1.30. The summed E-state index contributed by atoms with van der Waals surface area (Å²) in [4.78, 5) is 0. The van der Waals surface area contributed by atoms with Crippen molar-refractivity contribution in [1.82, 2.24) is 5.32 Å². The molecule has 0 aromatic heterocycles. The van der Waals surface area contributed by atoms with E-state index >= 15 is 0 Å². The minimum atomic E-state index is -0.614. The molecule has 20 heavy (non-hydrogen) atoms. The van der Waals surface area contributed by atoms with Gasteiger partial charge in [0.25, 0.3) is 0 Å². The maximum absolute atomic E-state index is 13.5. The van der Waals surface area contributed by atoms with Gasteiger partial charge in [0.1, 0.15) is 23.1 Å². The predicted molar refractivity (Wildman–Crippen MR) is 71.4 cm³/mol. The second-order valence-electron chi connectivity index (χ2n) is 4.62. The number of halogens is 2. The van der Waals surface area contributed by atoms with Gasteiger partial charge < -0.3 is 15.5 Å². The lowest BCUT2D eigenvalue weighted by Crippen LogP contribution is -2.18. The molecule has 106 valence electrons. The van der Waals surface area contributed by atoms with Gasteiger partial charge in [0.15, 0.2) is 0 Å². The number of aromatic hydroxyl groups is 2. The molecule has 0 aliphatic heterocycles. The normalized spacial score (nSPS) is 12.3. The topological polar surface area (TPSA) is 52.5 Å². The lowest BCUT2D eigenvalue weighted by atomic mass is 10.1. The molecule has 0 bridgehead atoms. The van der Waals surface area contributed by atoms with E-state index in [1.807, 2.05) is 6.92 Å². The SMILES string of the molecule is CC(NCc1ccc(F)cc1F)c1cc(O)cc(O)c1. The Kier molecular flexibility index (Phi) is 4.20. The molecule has 2 aromatic rings. The Labute approximate surface area is 115 Å². The van der Waals surface area contributed by atoms with Crippen molar-refractivity contribution in [1.29, 1.82) is 0 Å². The van der Waals surface area contributed by atoms with Gasteiger partial charge in [0.05, 0.1) is 0 Å². The van der Waals surface area contributed by atoms with Crippen molar-refractivity contribution in [3.05, 3.63) is 59.2 Å². The van der Waals surface area contributed by atoms with Gasteiger partial charge in [-0.25, -0.2) is 8.78 Å². The van der Waals surface area contributed by atoms with Gasteiger partial charge in [-0.15, -0.1) is 0 Å². The molecule has 1 unspecified atom stereocenters. The average molecular weight is 279 g/mol. The third kappa shape index (κ3) is 3.45. The van der Waals surface area contributed by atoms with Crippen LogP contribution in [0, 0.1) is 11.6 Å². The van der Waals surface area contributed by atoms with Crippen molar-refractivity contribution in [2.24, 2.45) is 0 Å². The largest absolute Gasteiger partial charge is 0.508 e. The van der Waals surface area contributed by atoms with Gasteiger partial charge in [0, 0.05) is 30.3 Å². The average Bonchev–Trinajstić information content (AvgIpc) is 2.36. The van der Waals surface area contributed by atoms with Crippen LogP contribution in [0.25, 0.3) is 0 Å². The second kappa shape index (κ2) is 5.88. The fourth-order valence-electron chi connectivity index (χ4n) is 1.91. The molecule has 0 spiro atoms. The summed E-state index contributed by atoms with van der Waals surface area (Å²) < 4.78 is 26.3. The van der Waals surface area contributed by atoms with E-state index in [0.29, 0.717) is 11.1 Å². The molecule has 0 radical (unpaired) electrons. The summed E-state index contributed by atoms with van der Waals surface area (Å²) >= 11 is 0. The molecular weight excluding hydrogens is 264 g/mol. The first-order chi connectivity index (χ1) is 9.45. The minimum absolute atomic E-state index is 0.0402. The Morgan fingerprint density at radius 1 is 1.05 bits per heavy atom. The fourth-order valence-corrected chi connectivity index (χ4v) is 1.91. The van der Waals surface area contributed by atoms with E-state index < -0.39 is 11.6 Å². The first-order valence-corrected chi connectivity index (χ1v) is 6.16. The number of hydrogen-bond acceptors (Lipinski definition) is 3. The molecule has 2 aromatic carbocycles. The van der Waals surface area contributed by atoms with E-state index in [0.717, 1.165) is 6.07 Å². The molecule has 3 nitrogen and oxygen atoms in total. The third-order valence-electron chi connectivity index (χ3n) is 3.04. The maximum atomic E-state index is 13.5. The summed E-state index contributed by atoms with van der Waals surface area (Å²) in [6, 6.07) is 7.46. The third-order valence-corrected chi connectivity index (χ3v) is 3.04. The Morgan fingerprint density at radius 2 is 1.70 bits per heavy atom. The molecule has 0 aliphatic rings. The van der Waals surface area contributed by atoms with E-state index in [1.54, 1.807) is 0 Å². The van der Waals surface area contributed by atoms with Crippen LogP contribution in [0.3, 0.4) is 0 Å². The van der Waals surface area contributed by atoms with Gasteiger partial charge in [-0.3, -0.25) is 0 Å². The van der Waals surface area contributed by atoms with E-state index in [1.165, 1.54) is 30.3 Å². The van der Waals surface area contributed by atoms with Gasteiger partial charge in [-0.1, -0.05) is 6.07 Å². The van der Waals surface area contributed by atoms with E-state index in [4.69, 9.17) is 0 Å². The summed E-state index contributed by atoms with van der Waals surface area (Å²) in [6.07, 6.45) is 0. The van der Waals surface area contributed by atoms with Crippen LogP contribution in [0.4, 0.5) is 8.78 Å². The first kappa shape index (κ1) is 14.3. The van der Waals surface area contributed by atoms with Crippen LogP contribution in [0.1, 0.15) is 24.1 Å². The van der Waals surface area contributed by atoms with E-state index in [-0.39, 0.29) is 24.1 Å². The highest BCUT2D eigenvalue weighted by atomic mass is 19.1. The molecule has 0 aliphatic carbocycles. The van der Waals surface area contributed by atoms with Crippen LogP contribution in [-0.4, -0.2) is 10.2 Å². The van der Waals surface area contributed by atoms with Crippen molar-refractivity contribution < 1.29 is 19.0 Å². The zero-order valence-electron chi connectivity index (χ0n) is 10.9. The Balaban J connectivity index is 2.06. The fraction of sp³-hybridized carbons (Fsp3) is 0.200. The molecule has 2 rings (SSSR count). The number of phenols is 2. The predicted octanol–water partition coefficient (Wildman–Crippen LogP) is 3.23. The van der Waals surface area contributed by atoms with Crippen LogP contribution in [0.2, 0.25) is 0 Å². The highest BCUT2D eigenvalue weighted by Crippen LogP contribution is 2.25. The maximum Gasteiger partial charge on any atom is 0.130 e. The summed E-state index contributed by atoms with van der Waals surface area (Å²) in [7, 11) is 0. The Morgan fingerprint density at radius 3 is 2.30 bits per heavy atom. The lowest BCUT2D eigenvalue weighted by molar-refractivity contribution is 0.445. The van der Waals surface area contributed by atoms with Gasteiger partial charge in [0.2, 0.25) is 0 Å². The molecule has 3 N–H and O–H groups in total.